The minimum Gasteiger partial charge on any atom is -0.378 e. The van der Waals surface area contributed by atoms with Crippen LogP contribution in [0.4, 0.5) is 0 Å². The Morgan fingerprint density at radius 1 is 1.31 bits per heavy atom. The first-order valence-electron chi connectivity index (χ1n) is 6.47. The molecule has 1 aliphatic carbocycles. The van der Waals surface area contributed by atoms with Gasteiger partial charge < -0.3 is 15.4 Å². The fourth-order valence-electron chi connectivity index (χ4n) is 2.00. The number of nitrogens with one attached hydrogen (secondary N) is 2. The Morgan fingerprint density at radius 3 is 2.81 bits per heavy atom. The summed E-state index contributed by atoms with van der Waals surface area (Å²) in [7, 11) is 1.83. The maximum atomic E-state index is 5.69. The van der Waals surface area contributed by atoms with Crippen molar-refractivity contribution in [1.29, 1.82) is 0 Å². The van der Waals surface area contributed by atoms with Crippen LogP contribution in [0.1, 0.15) is 38.5 Å². The lowest BCUT2D eigenvalue weighted by Gasteiger charge is -2.23. The molecule has 1 unspecified atom stereocenters. The van der Waals surface area contributed by atoms with Crippen molar-refractivity contribution in [3.8, 4) is 0 Å². The molecule has 4 heteroatoms. The minimum atomic E-state index is 0.459. The largest absolute Gasteiger partial charge is 0.378 e. The highest BCUT2D eigenvalue weighted by molar-refractivity contribution is 5.80. The van der Waals surface area contributed by atoms with Crippen LogP contribution in [-0.2, 0) is 4.74 Å². The quantitative estimate of drug-likeness (QED) is 0.559. The van der Waals surface area contributed by atoms with Gasteiger partial charge in [0.05, 0.1) is 6.10 Å². The Morgan fingerprint density at radius 2 is 2.19 bits per heavy atom. The normalized spacial score (nSPS) is 26.6. The molecule has 1 atom stereocenters. The first kappa shape index (κ1) is 11.7. The van der Waals surface area contributed by atoms with Gasteiger partial charge in [-0.3, -0.25) is 4.99 Å². The van der Waals surface area contributed by atoms with E-state index in [4.69, 9.17) is 4.74 Å². The molecule has 0 aromatic heterocycles. The predicted octanol–water partition coefficient (Wildman–Crippen LogP) is 1.27. The van der Waals surface area contributed by atoms with E-state index in [9.17, 15) is 0 Å². The van der Waals surface area contributed by atoms with Crippen molar-refractivity contribution in [2.24, 2.45) is 4.99 Å². The molecule has 2 rings (SSSR count). The van der Waals surface area contributed by atoms with Crippen molar-refractivity contribution in [2.75, 3.05) is 20.2 Å². The average molecular weight is 225 g/mol. The summed E-state index contributed by atoms with van der Waals surface area (Å²) < 4.78 is 5.69. The van der Waals surface area contributed by atoms with E-state index in [1.54, 1.807) is 0 Å². The van der Waals surface area contributed by atoms with Crippen LogP contribution in [-0.4, -0.2) is 38.3 Å². The highest BCUT2D eigenvalue weighted by Crippen LogP contribution is 2.18. The first-order chi connectivity index (χ1) is 7.88. The van der Waals surface area contributed by atoms with Crippen molar-refractivity contribution >= 4 is 5.96 Å². The predicted molar refractivity (Wildman–Crippen MR) is 65.7 cm³/mol. The van der Waals surface area contributed by atoms with E-state index >= 15 is 0 Å². The van der Waals surface area contributed by atoms with Crippen molar-refractivity contribution in [3.63, 3.8) is 0 Å². The molecule has 1 heterocycles. The van der Waals surface area contributed by atoms with Crippen molar-refractivity contribution < 1.29 is 4.74 Å². The lowest BCUT2D eigenvalue weighted by molar-refractivity contribution is 0.0122. The molecule has 0 amide bonds. The Balaban J connectivity index is 1.58. The van der Waals surface area contributed by atoms with Gasteiger partial charge in [0.2, 0.25) is 0 Å². The average Bonchev–Trinajstić information content (AvgIpc) is 3.13. The molecule has 2 fully saturated rings. The fraction of sp³-hybridized carbons (Fsp3) is 0.917. The third kappa shape index (κ3) is 4.00. The number of guanidine groups is 1. The van der Waals surface area contributed by atoms with Crippen LogP contribution >= 0.6 is 0 Å². The molecule has 16 heavy (non-hydrogen) atoms. The van der Waals surface area contributed by atoms with E-state index in [0.29, 0.717) is 12.1 Å². The van der Waals surface area contributed by atoms with Crippen LogP contribution in [0, 0.1) is 0 Å². The van der Waals surface area contributed by atoms with Gasteiger partial charge in [-0.2, -0.15) is 0 Å². The Bertz CT molecular complexity index is 232. The number of hydrogen-bond donors (Lipinski definition) is 2. The second-order valence-corrected chi connectivity index (χ2v) is 4.69. The Hall–Kier alpha value is -0.770. The van der Waals surface area contributed by atoms with Crippen LogP contribution in [0.15, 0.2) is 4.99 Å². The van der Waals surface area contributed by atoms with Gasteiger partial charge in [0, 0.05) is 26.2 Å². The highest BCUT2D eigenvalue weighted by Gasteiger charge is 2.22. The molecule has 0 aromatic rings. The molecule has 0 spiro atoms. The first-order valence-corrected chi connectivity index (χ1v) is 6.47. The van der Waals surface area contributed by atoms with Crippen molar-refractivity contribution in [2.45, 2.75) is 50.7 Å². The monoisotopic (exact) mass is 225 g/mol. The van der Waals surface area contributed by atoms with Gasteiger partial charge in [0.15, 0.2) is 5.96 Å². The van der Waals surface area contributed by atoms with E-state index in [1.165, 1.54) is 32.1 Å². The summed E-state index contributed by atoms with van der Waals surface area (Å²) in [5, 5.41) is 6.72. The van der Waals surface area contributed by atoms with Gasteiger partial charge >= 0.3 is 0 Å². The summed E-state index contributed by atoms with van der Waals surface area (Å²) >= 11 is 0. The zero-order valence-electron chi connectivity index (χ0n) is 10.2. The number of aliphatic imine (C=N–C) groups is 1. The van der Waals surface area contributed by atoms with Gasteiger partial charge in [-0.25, -0.2) is 0 Å². The summed E-state index contributed by atoms with van der Waals surface area (Å²) in [6.45, 7) is 1.90. The summed E-state index contributed by atoms with van der Waals surface area (Å²) in [4.78, 5) is 4.20. The smallest absolute Gasteiger partial charge is 0.191 e. The summed E-state index contributed by atoms with van der Waals surface area (Å²) in [6, 6.07) is 0.664. The highest BCUT2D eigenvalue weighted by atomic mass is 16.5. The van der Waals surface area contributed by atoms with Crippen LogP contribution < -0.4 is 10.6 Å². The molecule has 1 aliphatic heterocycles. The summed E-state index contributed by atoms with van der Waals surface area (Å²) in [6.07, 6.45) is 7.88. The van der Waals surface area contributed by atoms with Crippen molar-refractivity contribution in [3.05, 3.63) is 0 Å². The lowest BCUT2D eigenvalue weighted by Crippen LogP contribution is -2.40. The molecule has 1 saturated heterocycles. The summed E-state index contributed by atoms with van der Waals surface area (Å²) in [5.41, 5.74) is 0. The van der Waals surface area contributed by atoms with E-state index in [0.717, 1.165) is 25.5 Å². The molecule has 0 radical (unpaired) electrons. The third-order valence-electron chi connectivity index (χ3n) is 3.17. The zero-order valence-corrected chi connectivity index (χ0v) is 10.2. The van der Waals surface area contributed by atoms with Crippen LogP contribution in [0.5, 0.6) is 0 Å². The van der Waals surface area contributed by atoms with Gasteiger partial charge in [-0.1, -0.05) is 0 Å². The van der Waals surface area contributed by atoms with E-state index < -0.39 is 0 Å². The molecule has 92 valence electrons. The van der Waals surface area contributed by atoms with Crippen molar-refractivity contribution in [1.82, 2.24) is 10.6 Å². The van der Waals surface area contributed by atoms with Gasteiger partial charge in [0.25, 0.3) is 0 Å². The number of ether oxygens (including phenoxy) is 1. The molecule has 2 N–H and O–H groups in total. The van der Waals surface area contributed by atoms with Gasteiger partial charge in [0.1, 0.15) is 0 Å². The second kappa shape index (κ2) is 6.09. The number of rotatable bonds is 4. The number of nitrogens with zero attached hydrogens (tertiary/aromatic N) is 1. The lowest BCUT2D eigenvalue weighted by atomic mass is 10.1. The molecule has 0 aromatic carbocycles. The van der Waals surface area contributed by atoms with E-state index in [1.807, 2.05) is 7.05 Å². The maximum Gasteiger partial charge on any atom is 0.191 e. The van der Waals surface area contributed by atoms with Crippen LogP contribution in [0.2, 0.25) is 0 Å². The zero-order chi connectivity index (χ0) is 11.2. The minimum absolute atomic E-state index is 0.459. The maximum absolute atomic E-state index is 5.69. The third-order valence-corrected chi connectivity index (χ3v) is 3.17. The Labute approximate surface area is 97.9 Å². The fourth-order valence-corrected chi connectivity index (χ4v) is 2.00. The molecule has 4 nitrogen and oxygen atoms in total. The standard InChI is InChI=1S/C12H23N3O/c1-13-12(15-10-5-6-10)14-8-7-11-4-2-3-9-16-11/h10-11H,2-9H2,1H3,(H2,13,14,15). The summed E-state index contributed by atoms with van der Waals surface area (Å²) in [5.74, 6) is 0.943. The van der Waals surface area contributed by atoms with Crippen LogP contribution in [0.25, 0.3) is 0 Å². The Kier molecular flexibility index (Phi) is 4.45. The molecule has 2 aliphatic rings. The molecule has 0 bridgehead atoms. The van der Waals surface area contributed by atoms with Gasteiger partial charge in [-0.15, -0.1) is 0 Å². The topological polar surface area (TPSA) is 45.7 Å². The molecular formula is C12H23N3O. The van der Waals surface area contributed by atoms with Crippen LogP contribution in [0.3, 0.4) is 0 Å². The van der Waals surface area contributed by atoms with E-state index in [-0.39, 0.29) is 0 Å². The molecular weight excluding hydrogens is 202 g/mol. The number of hydrogen-bond acceptors (Lipinski definition) is 2. The molecule has 1 saturated carbocycles. The second-order valence-electron chi connectivity index (χ2n) is 4.69. The SMILES string of the molecule is CN=C(NCCC1CCCCO1)NC1CC1. The van der Waals surface area contributed by atoms with E-state index in [2.05, 4.69) is 15.6 Å². The van der Waals surface area contributed by atoms with Gasteiger partial charge in [-0.05, 0) is 38.5 Å².